The van der Waals surface area contributed by atoms with Gasteiger partial charge in [0.25, 0.3) is 0 Å². The van der Waals surface area contributed by atoms with Crippen LogP contribution in [0, 0.1) is 0 Å². The van der Waals surface area contributed by atoms with E-state index in [9.17, 15) is 3.89 Å². The van der Waals surface area contributed by atoms with Crippen LogP contribution in [0.25, 0.3) is 0 Å². The predicted octanol–water partition coefficient (Wildman–Crippen LogP) is -0.0689. The summed E-state index contributed by atoms with van der Waals surface area (Å²) in [5.74, 6) is 0. The first-order valence-corrected chi connectivity index (χ1v) is 3.15. The molecule has 1 rings (SSSR count). The van der Waals surface area contributed by atoms with Crippen LogP contribution in [-0.4, -0.2) is 11.7 Å². The molecule has 1 fully saturated rings. The van der Waals surface area contributed by atoms with Crippen molar-refractivity contribution >= 4 is 12.1 Å². The van der Waals surface area contributed by atoms with Gasteiger partial charge in [-0.1, -0.05) is 0 Å². The van der Waals surface area contributed by atoms with Crippen LogP contribution in [0.15, 0.2) is 0 Å². The van der Waals surface area contributed by atoms with Crippen molar-refractivity contribution in [3.63, 3.8) is 0 Å². The van der Waals surface area contributed by atoms with Crippen LogP contribution in [-0.2, 0) is 0 Å². The van der Waals surface area contributed by atoms with Crippen LogP contribution >= 0.6 is 12.1 Å². The second-order valence-electron chi connectivity index (χ2n) is 1.65. The Morgan fingerprint density at radius 2 is 2.25 bits per heavy atom. The van der Waals surface area contributed by atoms with Crippen molar-refractivity contribution in [2.24, 2.45) is 0 Å². The monoisotopic (exact) mass is 137 g/mol. The highest BCUT2D eigenvalue weighted by molar-refractivity contribution is 7.94. The molecule has 1 saturated heterocycles. The molecule has 0 aromatic heterocycles. The largest absolute Gasteiger partial charge is 0.274 e. The van der Waals surface area contributed by atoms with Crippen LogP contribution in [0.5, 0.6) is 0 Å². The normalized spacial score (nSPS) is 38.2. The SMILES string of the molecule is CC1NNC(SF)N1. The van der Waals surface area contributed by atoms with Crippen LogP contribution < -0.4 is 16.2 Å². The molecule has 0 saturated carbocycles. The summed E-state index contributed by atoms with van der Waals surface area (Å²) in [6, 6.07) is 0. The van der Waals surface area contributed by atoms with E-state index in [2.05, 4.69) is 16.2 Å². The maximum absolute atomic E-state index is 11.6. The highest BCUT2D eigenvalue weighted by Gasteiger charge is 2.18. The first-order valence-electron chi connectivity index (χ1n) is 2.37. The molecule has 0 bridgehead atoms. The molecule has 2 unspecified atom stereocenters. The molecule has 5 heteroatoms. The molecule has 1 heterocycles. The molecule has 8 heavy (non-hydrogen) atoms. The summed E-state index contributed by atoms with van der Waals surface area (Å²) in [6.07, 6.45) is 0.156. The van der Waals surface area contributed by atoms with Gasteiger partial charge in [0.05, 0.1) is 18.3 Å². The average Bonchev–Trinajstić information content (AvgIpc) is 2.14. The standard InChI is InChI=1S/C3H8FN3S/c1-2-5-3(8-4)7-6-2/h2-3,5-7H,1H3. The zero-order chi connectivity index (χ0) is 5.98. The number of halogens is 1. The molecule has 0 aromatic rings. The lowest BCUT2D eigenvalue weighted by Crippen LogP contribution is -2.30. The van der Waals surface area contributed by atoms with E-state index in [-0.39, 0.29) is 23.8 Å². The number of nitrogens with one attached hydrogen (secondary N) is 3. The van der Waals surface area contributed by atoms with Gasteiger partial charge in [-0.2, -0.15) is 3.89 Å². The second kappa shape index (κ2) is 2.63. The third kappa shape index (κ3) is 1.32. The van der Waals surface area contributed by atoms with E-state index in [0.717, 1.165) is 0 Å². The van der Waals surface area contributed by atoms with E-state index in [1.165, 1.54) is 0 Å². The Balaban J connectivity index is 2.22. The maximum atomic E-state index is 11.6. The van der Waals surface area contributed by atoms with Crippen molar-refractivity contribution < 1.29 is 3.89 Å². The molecule has 0 radical (unpaired) electrons. The molecule has 1 aliphatic rings. The number of hydrazine groups is 1. The fourth-order valence-electron chi connectivity index (χ4n) is 0.559. The molecular formula is C3H8FN3S. The molecule has 3 N–H and O–H groups in total. The van der Waals surface area contributed by atoms with Gasteiger partial charge < -0.3 is 0 Å². The van der Waals surface area contributed by atoms with Crippen molar-refractivity contribution in [3.05, 3.63) is 0 Å². The highest BCUT2D eigenvalue weighted by atomic mass is 32.2. The van der Waals surface area contributed by atoms with Crippen LogP contribution in [0.4, 0.5) is 3.89 Å². The molecule has 0 spiro atoms. The van der Waals surface area contributed by atoms with Crippen molar-refractivity contribution in [2.75, 3.05) is 0 Å². The van der Waals surface area contributed by atoms with Crippen LogP contribution in [0.3, 0.4) is 0 Å². The zero-order valence-electron chi connectivity index (χ0n) is 4.44. The minimum Gasteiger partial charge on any atom is -0.274 e. The van der Waals surface area contributed by atoms with Gasteiger partial charge in [0.1, 0.15) is 0 Å². The van der Waals surface area contributed by atoms with E-state index in [1.54, 1.807) is 0 Å². The number of hydrogen-bond acceptors (Lipinski definition) is 4. The van der Waals surface area contributed by atoms with Gasteiger partial charge in [-0.15, -0.1) is 0 Å². The van der Waals surface area contributed by atoms with Crippen molar-refractivity contribution in [2.45, 2.75) is 18.6 Å². The topological polar surface area (TPSA) is 36.1 Å². The Kier molecular flexibility index (Phi) is 2.07. The summed E-state index contributed by atoms with van der Waals surface area (Å²) in [7, 11) is 0. The van der Waals surface area contributed by atoms with Crippen molar-refractivity contribution in [1.82, 2.24) is 16.2 Å². The minimum absolute atomic E-state index is 0.156. The minimum atomic E-state index is -0.287. The Hall–Kier alpha value is 0.160. The summed E-state index contributed by atoms with van der Waals surface area (Å²) in [6.45, 7) is 1.91. The highest BCUT2D eigenvalue weighted by Crippen LogP contribution is 2.07. The van der Waals surface area contributed by atoms with Crippen LogP contribution in [0.2, 0.25) is 0 Å². The third-order valence-corrected chi connectivity index (χ3v) is 1.35. The van der Waals surface area contributed by atoms with Gasteiger partial charge in [-0.25, -0.2) is 10.9 Å². The third-order valence-electron chi connectivity index (χ3n) is 0.921. The van der Waals surface area contributed by atoms with E-state index in [1.807, 2.05) is 6.92 Å². The second-order valence-corrected chi connectivity index (χ2v) is 2.30. The lowest BCUT2D eigenvalue weighted by molar-refractivity contribution is 0.570. The van der Waals surface area contributed by atoms with Gasteiger partial charge in [-0.3, -0.25) is 5.32 Å². The molecule has 2 atom stereocenters. The van der Waals surface area contributed by atoms with Gasteiger partial charge in [0.2, 0.25) is 0 Å². The summed E-state index contributed by atoms with van der Waals surface area (Å²) in [4.78, 5) is 0. The van der Waals surface area contributed by atoms with E-state index in [0.29, 0.717) is 0 Å². The molecule has 1 aliphatic heterocycles. The first-order chi connectivity index (χ1) is 3.83. The Morgan fingerprint density at radius 1 is 1.50 bits per heavy atom. The van der Waals surface area contributed by atoms with E-state index < -0.39 is 0 Å². The van der Waals surface area contributed by atoms with Gasteiger partial charge in [0, 0.05) is 0 Å². The first kappa shape index (κ1) is 6.28. The predicted molar refractivity (Wildman–Crippen MR) is 31.4 cm³/mol. The summed E-state index contributed by atoms with van der Waals surface area (Å²) in [5, 5.41) is 2.87. The van der Waals surface area contributed by atoms with Crippen molar-refractivity contribution in [1.29, 1.82) is 0 Å². The fourth-order valence-corrected chi connectivity index (χ4v) is 0.927. The number of rotatable bonds is 1. The Labute approximate surface area is 51.7 Å². The molecule has 3 nitrogen and oxygen atoms in total. The van der Waals surface area contributed by atoms with Gasteiger partial charge in [0.15, 0.2) is 5.50 Å². The molecule has 48 valence electrons. The lowest BCUT2D eigenvalue weighted by Gasteiger charge is -2.00. The smallest absolute Gasteiger partial charge is 0.151 e. The Bertz CT molecular complexity index is 80.9. The lowest BCUT2D eigenvalue weighted by atomic mass is 10.6. The van der Waals surface area contributed by atoms with Crippen molar-refractivity contribution in [3.8, 4) is 0 Å². The average molecular weight is 137 g/mol. The van der Waals surface area contributed by atoms with E-state index in [4.69, 9.17) is 0 Å². The fraction of sp³-hybridized carbons (Fsp3) is 1.00. The Morgan fingerprint density at radius 3 is 2.50 bits per heavy atom. The molecular weight excluding hydrogens is 129 g/mol. The summed E-state index contributed by atoms with van der Waals surface area (Å²) in [5.41, 5.74) is 5.19. The summed E-state index contributed by atoms with van der Waals surface area (Å²) >= 11 is 0.251. The molecule has 0 aromatic carbocycles. The quantitative estimate of drug-likeness (QED) is 0.473. The van der Waals surface area contributed by atoms with Gasteiger partial charge in [-0.05, 0) is 6.92 Å². The van der Waals surface area contributed by atoms with E-state index >= 15 is 0 Å². The van der Waals surface area contributed by atoms with Gasteiger partial charge >= 0.3 is 0 Å². The maximum Gasteiger partial charge on any atom is 0.151 e. The zero-order valence-corrected chi connectivity index (χ0v) is 5.26. The number of hydrogen-bond donors (Lipinski definition) is 3. The summed E-state index contributed by atoms with van der Waals surface area (Å²) < 4.78 is 11.6. The molecule has 0 amide bonds. The van der Waals surface area contributed by atoms with Crippen LogP contribution in [0.1, 0.15) is 6.92 Å². The molecule has 0 aliphatic carbocycles.